The highest BCUT2D eigenvalue weighted by molar-refractivity contribution is 5.84. The third-order valence-electron chi connectivity index (χ3n) is 2.66. The minimum absolute atomic E-state index is 0.0474. The first kappa shape index (κ1) is 9.41. The molecule has 1 unspecified atom stereocenters. The van der Waals surface area contributed by atoms with Crippen molar-refractivity contribution in [3.8, 4) is 0 Å². The molecule has 1 fully saturated rings. The largest absolute Gasteiger partial charge is 0.307 e. The van der Waals surface area contributed by atoms with Gasteiger partial charge in [-0.3, -0.25) is 4.79 Å². The summed E-state index contributed by atoms with van der Waals surface area (Å²) in [5, 5.41) is 3.27. The molecule has 2 nitrogen and oxygen atoms in total. The zero-order valence-electron chi connectivity index (χ0n) is 8.20. The van der Waals surface area contributed by atoms with Crippen molar-refractivity contribution in [3.63, 3.8) is 0 Å². The van der Waals surface area contributed by atoms with Gasteiger partial charge in [-0.2, -0.15) is 0 Å². The monoisotopic (exact) mass is 189 g/mol. The molecule has 2 heteroatoms. The molecule has 1 saturated heterocycles. The van der Waals surface area contributed by atoms with E-state index in [0.717, 1.165) is 25.8 Å². The van der Waals surface area contributed by atoms with Crippen molar-refractivity contribution in [2.24, 2.45) is 0 Å². The Morgan fingerprint density at radius 3 is 2.79 bits per heavy atom. The van der Waals surface area contributed by atoms with Gasteiger partial charge in [0.1, 0.15) is 5.78 Å². The molecule has 1 N–H and O–H groups in total. The van der Waals surface area contributed by atoms with Gasteiger partial charge in [-0.15, -0.1) is 0 Å². The number of rotatable bonds is 2. The van der Waals surface area contributed by atoms with Crippen molar-refractivity contribution in [2.75, 3.05) is 6.54 Å². The molecule has 74 valence electrons. The zero-order valence-corrected chi connectivity index (χ0v) is 8.20. The number of carbonyl (C=O) groups excluding carboxylic acids is 1. The van der Waals surface area contributed by atoms with Crippen LogP contribution in [0.4, 0.5) is 0 Å². The van der Waals surface area contributed by atoms with Gasteiger partial charge >= 0.3 is 0 Å². The molecular weight excluding hydrogens is 174 g/mol. The van der Waals surface area contributed by atoms with Gasteiger partial charge in [-0.1, -0.05) is 30.3 Å². The van der Waals surface area contributed by atoms with E-state index < -0.39 is 0 Å². The van der Waals surface area contributed by atoms with Crippen LogP contribution in [0, 0.1) is 0 Å². The van der Waals surface area contributed by atoms with Crippen LogP contribution >= 0.6 is 0 Å². The van der Waals surface area contributed by atoms with E-state index in [-0.39, 0.29) is 6.04 Å². The van der Waals surface area contributed by atoms with Gasteiger partial charge in [-0.25, -0.2) is 0 Å². The predicted molar refractivity (Wildman–Crippen MR) is 56.2 cm³/mol. The summed E-state index contributed by atoms with van der Waals surface area (Å²) in [6, 6.07) is 10.2. The van der Waals surface area contributed by atoms with E-state index in [0.29, 0.717) is 5.78 Å². The van der Waals surface area contributed by atoms with Crippen LogP contribution in [-0.2, 0) is 11.2 Å². The Balaban J connectivity index is 2.00. The fraction of sp³-hybridized carbons (Fsp3) is 0.417. The van der Waals surface area contributed by atoms with Crippen molar-refractivity contribution in [3.05, 3.63) is 35.9 Å². The van der Waals surface area contributed by atoms with Crippen LogP contribution in [0.25, 0.3) is 0 Å². The number of hydrogen-bond acceptors (Lipinski definition) is 2. The SMILES string of the molecule is O=C1CCCNC1Cc1ccccc1. The Labute approximate surface area is 84.3 Å². The average Bonchev–Trinajstić information content (AvgIpc) is 2.23. The number of Topliss-reactive ketones (excluding diaryl/α,β-unsaturated/α-hetero) is 1. The maximum atomic E-state index is 11.5. The molecule has 1 heterocycles. The molecule has 2 rings (SSSR count). The molecule has 0 spiro atoms. The number of hydrogen-bond donors (Lipinski definition) is 1. The van der Waals surface area contributed by atoms with E-state index >= 15 is 0 Å². The topological polar surface area (TPSA) is 29.1 Å². The lowest BCUT2D eigenvalue weighted by atomic mass is 9.97. The minimum Gasteiger partial charge on any atom is -0.307 e. The molecule has 0 aromatic heterocycles. The van der Waals surface area contributed by atoms with E-state index in [1.807, 2.05) is 18.2 Å². The summed E-state index contributed by atoms with van der Waals surface area (Å²) in [5.74, 6) is 0.361. The summed E-state index contributed by atoms with van der Waals surface area (Å²) in [5.41, 5.74) is 1.24. The number of benzene rings is 1. The van der Waals surface area contributed by atoms with Crippen molar-refractivity contribution in [1.82, 2.24) is 5.32 Å². The van der Waals surface area contributed by atoms with Crippen LogP contribution in [0.2, 0.25) is 0 Å². The quantitative estimate of drug-likeness (QED) is 0.764. The highest BCUT2D eigenvalue weighted by Gasteiger charge is 2.21. The molecule has 1 aromatic rings. The molecule has 0 saturated carbocycles. The number of carbonyl (C=O) groups is 1. The van der Waals surface area contributed by atoms with Crippen molar-refractivity contribution in [2.45, 2.75) is 25.3 Å². The summed E-state index contributed by atoms with van der Waals surface area (Å²) in [4.78, 5) is 11.5. The van der Waals surface area contributed by atoms with Crippen molar-refractivity contribution in [1.29, 1.82) is 0 Å². The van der Waals surface area contributed by atoms with E-state index in [4.69, 9.17) is 0 Å². The van der Waals surface area contributed by atoms with Gasteiger partial charge in [0.25, 0.3) is 0 Å². The maximum absolute atomic E-state index is 11.5. The van der Waals surface area contributed by atoms with E-state index in [1.165, 1.54) is 5.56 Å². The Hall–Kier alpha value is -1.15. The minimum atomic E-state index is 0.0474. The first-order valence-corrected chi connectivity index (χ1v) is 5.16. The summed E-state index contributed by atoms with van der Waals surface area (Å²) in [6.07, 6.45) is 2.56. The number of piperidine rings is 1. The first-order valence-electron chi connectivity index (χ1n) is 5.16. The van der Waals surface area contributed by atoms with Crippen molar-refractivity contribution < 1.29 is 4.79 Å². The average molecular weight is 189 g/mol. The van der Waals surface area contributed by atoms with Gasteiger partial charge in [0.2, 0.25) is 0 Å². The van der Waals surface area contributed by atoms with Crippen LogP contribution in [0.15, 0.2) is 30.3 Å². The molecular formula is C12H15NO. The Kier molecular flexibility index (Phi) is 2.94. The highest BCUT2D eigenvalue weighted by Crippen LogP contribution is 2.09. The smallest absolute Gasteiger partial charge is 0.150 e. The highest BCUT2D eigenvalue weighted by atomic mass is 16.1. The van der Waals surface area contributed by atoms with Gasteiger partial charge in [0, 0.05) is 6.42 Å². The normalized spacial score (nSPS) is 22.3. The summed E-state index contributed by atoms with van der Waals surface area (Å²) in [6.45, 7) is 0.975. The zero-order chi connectivity index (χ0) is 9.80. The molecule has 0 bridgehead atoms. The van der Waals surface area contributed by atoms with Gasteiger partial charge in [0.15, 0.2) is 0 Å². The molecule has 0 amide bonds. The Morgan fingerprint density at radius 1 is 1.29 bits per heavy atom. The Morgan fingerprint density at radius 2 is 2.07 bits per heavy atom. The summed E-state index contributed by atoms with van der Waals surface area (Å²) < 4.78 is 0. The number of nitrogens with one attached hydrogen (secondary N) is 1. The lowest BCUT2D eigenvalue weighted by Crippen LogP contribution is -2.43. The van der Waals surface area contributed by atoms with Gasteiger partial charge < -0.3 is 5.32 Å². The molecule has 1 atom stereocenters. The second-order valence-corrected chi connectivity index (χ2v) is 3.77. The lowest BCUT2D eigenvalue weighted by molar-refractivity contribution is -0.122. The Bertz CT molecular complexity index is 307. The maximum Gasteiger partial charge on any atom is 0.150 e. The fourth-order valence-electron chi connectivity index (χ4n) is 1.86. The third-order valence-corrected chi connectivity index (χ3v) is 2.66. The predicted octanol–water partition coefficient (Wildman–Crippen LogP) is 1.55. The van der Waals surface area contributed by atoms with Crippen LogP contribution in [-0.4, -0.2) is 18.4 Å². The van der Waals surface area contributed by atoms with Crippen LogP contribution in [0.5, 0.6) is 0 Å². The van der Waals surface area contributed by atoms with E-state index in [9.17, 15) is 4.79 Å². The van der Waals surface area contributed by atoms with Gasteiger partial charge in [-0.05, 0) is 24.9 Å². The standard InChI is InChI=1S/C12H15NO/c14-12-7-4-8-13-11(12)9-10-5-2-1-3-6-10/h1-3,5-6,11,13H,4,7-9H2. The lowest BCUT2D eigenvalue weighted by Gasteiger charge is -2.22. The number of ketones is 1. The van der Waals surface area contributed by atoms with E-state index in [1.54, 1.807) is 0 Å². The van der Waals surface area contributed by atoms with Crippen LogP contribution in [0.1, 0.15) is 18.4 Å². The molecule has 14 heavy (non-hydrogen) atoms. The molecule has 1 aliphatic rings. The first-order chi connectivity index (χ1) is 6.86. The van der Waals surface area contributed by atoms with E-state index in [2.05, 4.69) is 17.4 Å². The summed E-state index contributed by atoms with van der Waals surface area (Å²) in [7, 11) is 0. The van der Waals surface area contributed by atoms with Crippen LogP contribution in [0.3, 0.4) is 0 Å². The van der Waals surface area contributed by atoms with Crippen molar-refractivity contribution >= 4 is 5.78 Å². The molecule has 0 aliphatic carbocycles. The summed E-state index contributed by atoms with van der Waals surface area (Å²) >= 11 is 0. The second-order valence-electron chi connectivity index (χ2n) is 3.77. The fourth-order valence-corrected chi connectivity index (χ4v) is 1.86. The molecule has 1 aromatic carbocycles. The third kappa shape index (κ3) is 2.20. The van der Waals surface area contributed by atoms with Crippen LogP contribution < -0.4 is 5.32 Å². The molecule has 1 aliphatic heterocycles. The second kappa shape index (κ2) is 4.38. The molecule has 0 radical (unpaired) electrons. The van der Waals surface area contributed by atoms with Gasteiger partial charge in [0.05, 0.1) is 6.04 Å².